The van der Waals surface area contributed by atoms with Crippen LogP contribution in [0.5, 0.6) is 11.5 Å². The summed E-state index contributed by atoms with van der Waals surface area (Å²) in [6, 6.07) is 17.2. The smallest absolute Gasteiger partial charge is 0.191 e. The zero-order valence-electron chi connectivity index (χ0n) is 16.9. The van der Waals surface area contributed by atoms with Crippen LogP contribution in [0.3, 0.4) is 0 Å². The quantitative estimate of drug-likeness (QED) is 0.433. The fourth-order valence-electron chi connectivity index (χ4n) is 2.67. The van der Waals surface area contributed by atoms with Crippen LogP contribution >= 0.6 is 0 Å². The summed E-state index contributed by atoms with van der Waals surface area (Å²) in [7, 11) is 1.63. The topological polar surface area (TPSA) is 75.1 Å². The van der Waals surface area contributed by atoms with Gasteiger partial charge in [0.1, 0.15) is 17.6 Å². The molecule has 0 fully saturated rings. The highest BCUT2D eigenvalue weighted by Gasteiger charge is 2.08. The van der Waals surface area contributed by atoms with Gasteiger partial charge >= 0.3 is 0 Å². The number of aliphatic hydroxyl groups excluding tert-OH is 1. The zero-order valence-corrected chi connectivity index (χ0v) is 16.9. The Morgan fingerprint density at radius 2 is 1.82 bits per heavy atom. The highest BCUT2D eigenvalue weighted by Crippen LogP contribution is 2.20. The van der Waals surface area contributed by atoms with Crippen molar-refractivity contribution in [2.75, 3.05) is 26.7 Å². The molecule has 0 radical (unpaired) electrons. The number of nitrogens with zero attached hydrogens (tertiary/aromatic N) is 1. The average Bonchev–Trinajstić information content (AvgIpc) is 2.72. The van der Waals surface area contributed by atoms with Gasteiger partial charge in [-0.25, -0.2) is 4.99 Å². The molecule has 0 spiro atoms. The van der Waals surface area contributed by atoms with E-state index >= 15 is 0 Å². The highest BCUT2D eigenvalue weighted by molar-refractivity contribution is 5.79. The molecular weight excluding hydrogens is 354 g/mol. The second-order valence-corrected chi connectivity index (χ2v) is 6.47. The Kier molecular flexibility index (Phi) is 9.15. The summed E-state index contributed by atoms with van der Waals surface area (Å²) < 4.78 is 11.1. The monoisotopic (exact) mass is 385 g/mol. The first kappa shape index (κ1) is 21.6. The molecule has 2 atom stereocenters. The van der Waals surface area contributed by atoms with Crippen LogP contribution in [-0.4, -0.2) is 43.9 Å². The Balaban J connectivity index is 1.81. The number of ether oxygens (including phenoxy) is 2. The zero-order chi connectivity index (χ0) is 20.2. The first-order chi connectivity index (χ1) is 13.6. The van der Waals surface area contributed by atoms with Crippen LogP contribution in [0.1, 0.15) is 31.9 Å². The van der Waals surface area contributed by atoms with Gasteiger partial charge in [-0.15, -0.1) is 0 Å². The standard InChI is InChI=1S/C22H31N3O3/c1-4-23-22(24-14-13-21(26)18-9-6-5-7-10-18)25-16-17(2)28-20-12-8-11-19(15-20)27-3/h5-12,15,17,21,26H,4,13-14,16H2,1-3H3,(H2,23,24,25). The van der Waals surface area contributed by atoms with Crippen molar-refractivity contribution in [3.63, 3.8) is 0 Å². The van der Waals surface area contributed by atoms with Crippen molar-refractivity contribution in [2.24, 2.45) is 4.99 Å². The maximum absolute atomic E-state index is 10.3. The lowest BCUT2D eigenvalue weighted by Crippen LogP contribution is -2.39. The van der Waals surface area contributed by atoms with E-state index in [4.69, 9.17) is 9.47 Å². The van der Waals surface area contributed by atoms with Crippen molar-refractivity contribution in [1.82, 2.24) is 10.6 Å². The van der Waals surface area contributed by atoms with Gasteiger partial charge < -0.3 is 25.2 Å². The molecule has 0 aliphatic rings. The van der Waals surface area contributed by atoms with Crippen LogP contribution in [0.2, 0.25) is 0 Å². The van der Waals surface area contributed by atoms with Gasteiger partial charge in [0.15, 0.2) is 5.96 Å². The maximum atomic E-state index is 10.3. The van der Waals surface area contributed by atoms with Gasteiger partial charge in [-0.3, -0.25) is 0 Å². The largest absolute Gasteiger partial charge is 0.497 e. The molecule has 28 heavy (non-hydrogen) atoms. The van der Waals surface area contributed by atoms with Gasteiger partial charge in [0, 0.05) is 19.2 Å². The number of hydrogen-bond donors (Lipinski definition) is 3. The van der Waals surface area contributed by atoms with Gasteiger partial charge in [0.05, 0.1) is 19.8 Å². The van der Waals surface area contributed by atoms with E-state index < -0.39 is 6.10 Å². The summed E-state index contributed by atoms with van der Waals surface area (Å²) >= 11 is 0. The summed E-state index contributed by atoms with van der Waals surface area (Å²) in [4.78, 5) is 4.58. The summed E-state index contributed by atoms with van der Waals surface area (Å²) in [5, 5.41) is 16.7. The molecule has 152 valence electrons. The predicted molar refractivity (Wildman–Crippen MR) is 113 cm³/mol. The molecular formula is C22H31N3O3. The maximum Gasteiger partial charge on any atom is 0.191 e. The molecule has 0 heterocycles. The van der Waals surface area contributed by atoms with Crippen molar-refractivity contribution in [2.45, 2.75) is 32.5 Å². The molecule has 0 saturated carbocycles. The minimum absolute atomic E-state index is 0.0857. The van der Waals surface area contributed by atoms with Crippen LogP contribution < -0.4 is 20.1 Å². The molecule has 2 rings (SSSR count). The van der Waals surface area contributed by atoms with Gasteiger partial charge in [-0.1, -0.05) is 36.4 Å². The molecule has 6 heteroatoms. The van der Waals surface area contributed by atoms with Crippen LogP contribution in [0.25, 0.3) is 0 Å². The number of aliphatic hydroxyl groups is 1. The van der Waals surface area contributed by atoms with E-state index in [-0.39, 0.29) is 6.10 Å². The Bertz CT molecular complexity index is 722. The van der Waals surface area contributed by atoms with E-state index in [0.29, 0.717) is 25.5 Å². The fourth-order valence-corrected chi connectivity index (χ4v) is 2.67. The average molecular weight is 386 g/mol. The number of rotatable bonds is 10. The Hall–Kier alpha value is -2.73. The molecule has 3 N–H and O–H groups in total. The molecule has 0 aliphatic heterocycles. The van der Waals surface area contributed by atoms with Crippen molar-refractivity contribution in [1.29, 1.82) is 0 Å². The Labute approximate surface area is 167 Å². The Morgan fingerprint density at radius 3 is 2.54 bits per heavy atom. The summed E-state index contributed by atoms with van der Waals surface area (Å²) in [6.07, 6.45) is 0.0222. The highest BCUT2D eigenvalue weighted by atomic mass is 16.5. The summed E-state index contributed by atoms with van der Waals surface area (Å²) in [5.74, 6) is 2.23. The number of aliphatic imine (C=N–C) groups is 1. The molecule has 0 bridgehead atoms. The minimum atomic E-state index is -0.494. The number of methoxy groups -OCH3 is 1. The molecule has 0 aromatic heterocycles. The van der Waals surface area contributed by atoms with E-state index in [1.54, 1.807) is 7.11 Å². The lowest BCUT2D eigenvalue weighted by atomic mass is 10.1. The first-order valence-electron chi connectivity index (χ1n) is 9.68. The van der Waals surface area contributed by atoms with E-state index in [2.05, 4.69) is 15.6 Å². The van der Waals surface area contributed by atoms with Crippen molar-refractivity contribution >= 4 is 5.96 Å². The van der Waals surface area contributed by atoms with Gasteiger partial charge in [0.2, 0.25) is 0 Å². The van der Waals surface area contributed by atoms with Gasteiger partial charge in [-0.05, 0) is 38.0 Å². The molecule has 0 aliphatic carbocycles. The molecule has 0 amide bonds. The van der Waals surface area contributed by atoms with E-state index in [9.17, 15) is 5.11 Å². The lowest BCUT2D eigenvalue weighted by Gasteiger charge is -2.16. The van der Waals surface area contributed by atoms with Crippen molar-refractivity contribution < 1.29 is 14.6 Å². The van der Waals surface area contributed by atoms with Crippen LogP contribution in [0.4, 0.5) is 0 Å². The SMILES string of the molecule is CCNC(=NCC(C)Oc1cccc(OC)c1)NCCC(O)c1ccccc1. The molecule has 2 aromatic rings. The third-order valence-corrected chi connectivity index (χ3v) is 4.12. The van der Waals surface area contributed by atoms with Crippen LogP contribution in [0, 0.1) is 0 Å². The van der Waals surface area contributed by atoms with E-state index in [1.807, 2.05) is 68.4 Å². The van der Waals surface area contributed by atoms with Crippen LogP contribution in [-0.2, 0) is 0 Å². The van der Waals surface area contributed by atoms with E-state index in [0.717, 1.165) is 23.6 Å². The van der Waals surface area contributed by atoms with Gasteiger partial charge in [-0.2, -0.15) is 0 Å². The molecule has 6 nitrogen and oxygen atoms in total. The summed E-state index contributed by atoms with van der Waals surface area (Å²) in [5.41, 5.74) is 0.923. The second kappa shape index (κ2) is 11.9. The molecule has 0 saturated heterocycles. The fraction of sp³-hybridized carbons (Fsp3) is 0.409. The first-order valence-corrected chi connectivity index (χ1v) is 9.68. The summed E-state index contributed by atoms with van der Waals surface area (Å²) in [6.45, 7) is 5.89. The predicted octanol–water partition coefficient (Wildman–Crippen LogP) is 3.14. The van der Waals surface area contributed by atoms with E-state index in [1.165, 1.54) is 0 Å². The molecule has 2 unspecified atom stereocenters. The van der Waals surface area contributed by atoms with Crippen molar-refractivity contribution in [3.8, 4) is 11.5 Å². The van der Waals surface area contributed by atoms with Gasteiger partial charge in [0.25, 0.3) is 0 Å². The number of nitrogens with one attached hydrogen (secondary N) is 2. The lowest BCUT2D eigenvalue weighted by molar-refractivity contribution is 0.168. The second-order valence-electron chi connectivity index (χ2n) is 6.47. The number of hydrogen-bond acceptors (Lipinski definition) is 4. The Morgan fingerprint density at radius 1 is 1.07 bits per heavy atom. The van der Waals surface area contributed by atoms with Crippen LogP contribution in [0.15, 0.2) is 59.6 Å². The molecule has 2 aromatic carbocycles. The number of benzene rings is 2. The third kappa shape index (κ3) is 7.48. The normalized spacial score (nSPS) is 13.5. The number of guanidine groups is 1. The van der Waals surface area contributed by atoms with Crippen molar-refractivity contribution in [3.05, 3.63) is 60.2 Å². The minimum Gasteiger partial charge on any atom is -0.497 e. The third-order valence-electron chi connectivity index (χ3n) is 4.12.